The largest absolute Gasteiger partial charge is 0.382 e. The molecule has 4 rings (SSSR count). The molecule has 1 aromatic carbocycles. The number of carbonyl (C=O) groups excluding carboxylic acids is 1. The van der Waals surface area contributed by atoms with Crippen LogP contribution in [0.25, 0.3) is 22.1 Å². The molecule has 9 nitrogen and oxygen atoms in total. The van der Waals surface area contributed by atoms with E-state index in [2.05, 4.69) is 30.5 Å². The maximum atomic E-state index is 12.6. The van der Waals surface area contributed by atoms with Gasteiger partial charge in [0.2, 0.25) is 5.91 Å². The van der Waals surface area contributed by atoms with Crippen molar-refractivity contribution in [1.29, 1.82) is 0 Å². The SMILES string of the molecule is CC(C(=O)Nc1ccc2[nH]ncc2c1)n1cnc2c(N)ncnc21. The van der Waals surface area contributed by atoms with E-state index in [0.29, 0.717) is 16.9 Å². The number of nitrogens with one attached hydrogen (secondary N) is 2. The number of fused-ring (bicyclic) bond motifs is 2. The molecule has 4 N–H and O–H groups in total. The number of nitrogens with two attached hydrogens (primary N) is 1. The number of benzene rings is 1. The normalized spacial score (nSPS) is 12.5. The van der Waals surface area contributed by atoms with Crippen LogP contribution in [0.1, 0.15) is 13.0 Å². The molecule has 3 heterocycles. The minimum absolute atomic E-state index is 0.186. The smallest absolute Gasteiger partial charge is 0.247 e. The number of nitrogens with zero attached hydrogens (tertiary/aromatic N) is 5. The number of rotatable bonds is 3. The second-order valence-electron chi connectivity index (χ2n) is 5.42. The first-order chi connectivity index (χ1) is 11.6. The number of aromatic amines is 1. The van der Waals surface area contributed by atoms with Crippen LogP contribution in [0.3, 0.4) is 0 Å². The number of nitrogen functional groups attached to an aromatic ring is 1. The van der Waals surface area contributed by atoms with Gasteiger partial charge in [0, 0.05) is 11.1 Å². The summed E-state index contributed by atoms with van der Waals surface area (Å²) in [5.41, 5.74) is 8.39. The van der Waals surface area contributed by atoms with E-state index in [-0.39, 0.29) is 11.7 Å². The Hall–Kier alpha value is -3.49. The van der Waals surface area contributed by atoms with E-state index in [1.54, 1.807) is 24.0 Å². The van der Waals surface area contributed by atoms with Gasteiger partial charge in [0.25, 0.3) is 0 Å². The van der Waals surface area contributed by atoms with E-state index in [1.807, 2.05) is 18.2 Å². The fourth-order valence-electron chi connectivity index (χ4n) is 2.55. The molecule has 3 aromatic heterocycles. The molecular formula is C15H14N8O. The van der Waals surface area contributed by atoms with Crippen molar-refractivity contribution in [3.05, 3.63) is 37.1 Å². The van der Waals surface area contributed by atoms with Crippen LogP contribution < -0.4 is 11.1 Å². The molecule has 0 aliphatic carbocycles. The van der Waals surface area contributed by atoms with Crippen molar-refractivity contribution in [1.82, 2.24) is 29.7 Å². The zero-order chi connectivity index (χ0) is 16.7. The van der Waals surface area contributed by atoms with Gasteiger partial charge in [-0.15, -0.1) is 0 Å². The van der Waals surface area contributed by atoms with Crippen molar-refractivity contribution in [3.8, 4) is 0 Å². The first-order valence-electron chi connectivity index (χ1n) is 7.30. The van der Waals surface area contributed by atoms with Crippen molar-refractivity contribution in [3.63, 3.8) is 0 Å². The highest BCUT2D eigenvalue weighted by Gasteiger charge is 2.19. The number of aromatic nitrogens is 6. The summed E-state index contributed by atoms with van der Waals surface area (Å²) in [5, 5.41) is 10.6. The van der Waals surface area contributed by atoms with Crippen LogP contribution in [0.5, 0.6) is 0 Å². The zero-order valence-electron chi connectivity index (χ0n) is 12.8. The van der Waals surface area contributed by atoms with Gasteiger partial charge in [0.1, 0.15) is 17.9 Å². The third-order valence-corrected chi connectivity index (χ3v) is 3.89. The van der Waals surface area contributed by atoms with E-state index in [0.717, 1.165) is 10.9 Å². The Balaban J connectivity index is 1.62. The summed E-state index contributed by atoms with van der Waals surface area (Å²) in [4.78, 5) is 24.8. The Morgan fingerprint density at radius 3 is 3.08 bits per heavy atom. The summed E-state index contributed by atoms with van der Waals surface area (Å²) in [6.45, 7) is 1.77. The highest BCUT2D eigenvalue weighted by Crippen LogP contribution is 2.21. The van der Waals surface area contributed by atoms with Crippen molar-refractivity contribution >= 4 is 39.5 Å². The lowest BCUT2D eigenvalue weighted by Crippen LogP contribution is -2.23. The van der Waals surface area contributed by atoms with Crippen LogP contribution in [0.4, 0.5) is 11.5 Å². The van der Waals surface area contributed by atoms with Gasteiger partial charge in [-0.3, -0.25) is 9.89 Å². The fraction of sp³-hybridized carbons (Fsp3) is 0.133. The Kier molecular flexibility index (Phi) is 3.12. The number of imidazole rings is 1. The quantitative estimate of drug-likeness (QED) is 0.524. The maximum Gasteiger partial charge on any atom is 0.247 e. The summed E-state index contributed by atoms with van der Waals surface area (Å²) in [6, 6.07) is 5.03. The second kappa shape index (κ2) is 5.30. The fourth-order valence-corrected chi connectivity index (χ4v) is 2.55. The van der Waals surface area contributed by atoms with Gasteiger partial charge in [0.05, 0.1) is 18.0 Å². The lowest BCUT2D eigenvalue weighted by atomic mass is 10.2. The number of hydrogen-bond acceptors (Lipinski definition) is 6. The summed E-state index contributed by atoms with van der Waals surface area (Å²) in [6.07, 6.45) is 4.60. The Morgan fingerprint density at radius 2 is 2.21 bits per heavy atom. The zero-order valence-corrected chi connectivity index (χ0v) is 12.8. The van der Waals surface area contributed by atoms with Crippen LogP contribution in [0.2, 0.25) is 0 Å². The highest BCUT2D eigenvalue weighted by molar-refractivity contribution is 5.96. The van der Waals surface area contributed by atoms with Crippen molar-refractivity contribution in [2.45, 2.75) is 13.0 Å². The summed E-state index contributed by atoms with van der Waals surface area (Å²) >= 11 is 0. The predicted molar refractivity (Wildman–Crippen MR) is 89.2 cm³/mol. The summed E-state index contributed by atoms with van der Waals surface area (Å²) in [5.74, 6) is 0.103. The molecule has 9 heteroatoms. The van der Waals surface area contributed by atoms with E-state index in [1.165, 1.54) is 6.33 Å². The number of amides is 1. The van der Waals surface area contributed by atoms with Gasteiger partial charge in [-0.05, 0) is 25.1 Å². The van der Waals surface area contributed by atoms with Gasteiger partial charge >= 0.3 is 0 Å². The minimum Gasteiger partial charge on any atom is -0.382 e. The molecule has 0 radical (unpaired) electrons. The maximum absolute atomic E-state index is 12.6. The second-order valence-corrected chi connectivity index (χ2v) is 5.42. The van der Waals surface area contributed by atoms with Crippen LogP contribution in [0, 0.1) is 0 Å². The molecular weight excluding hydrogens is 308 g/mol. The predicted octanol–water partition coefficient (Wildman–Crippen LogP) is 1.48. The average molecular weight is 322 g/mol. The van der Waals surface area contributed by atoms with Gasteiger partial charge in [0.15, 0.2) is 11.5 Å². The number of H-pyrrole nitrogens is 1. The highest BCUT2D eigenvalue weighted by atomic mass is 16.2. The van der Waals surface area contributed by atoms with Gasteiger partial charge in [-0.2, -0.15) is 5.10 Å². The van der Waals surface area contributed by atoms with E-state index in [9.17, 15) is 4.79 Å². The lowest BCUT2D eigenvalue weighted by Gasteiger charge is -2.14. The summed E-state index contributed by atoms with van der Waals surface area (Å²) < 4.78 is 1.67. The molecule has 24 heavy (non-hydrogen) atoms. The van der Waals surface area contributed by atoms with Crippen molar-refractivity contribution in [2.24, 2.45) is 0 Å². The first-order valence-corrected chi connectivity index (χ1v) is 7.30. The molecule has 0 saturated carbocycles. The van der Waals surface area contributed by atoms with Gasteiger partial charge in [-0.25, -0.2) is 15.0 Å². The van der Waals surface area contributed by atoms with Crippen LogP contribution in [0.15, 0.2) is 37.1 Å². The first kappa shape index (κ1) is 14.1. The minimum atomic E-state index is -0.510. The molecule has 0 fully saturated rings. The third-order valence-electron chi connectivity index (χ3n) is 3.89. The molecule has 0 aliphatic heterocycles. The number of carbonyl (C=O) groups is 1. The van der Waals surface area contributed by atoms with Crippen LogP contribution >= 0.6 is 0 Å². The molecule has 120 valence electrons. The lowest BCUT2D eigenvalue weighted by molar-refractivity contribution is -0.118. The molecule has 0 bridgehead atoms. The Labute approximate surface area is 135 Å². The molecule has 0 aliphatic rings. The topological polar surface area (TPSA) is 127 Å². The molecule has 0 saturated heterocycles. The molecule has 0 spiro atoms. The van der Waals surface area contributed by atoms with Gasteiger partial charge < -0.3 is 15.6 Å². The van der Waals surface area contributed by atoms with E-state index < -0.39 is 6.04 Å². The van der Waals surface area contributed by atoms with Crippen molar-refractivity contribution in [2.75, 3.05) is 11.1 Å². The summed E-state index contributed by atoms with van der Waals surface area (Å²) in [7, 11) is 0. The standard InChI is InChI=1S/C15H14N8O/c1-8(23-7-19-12-13(16)17-6-18-14(12)23)15(24)21-10-2-3-11-9(4-10)5-20-22-11/h2-8H,1H3,(H,20,22)(H,21,24)(H2,16,17,18). The Morgan fingerprint density at radius 1 is 1.33 bits per heavy atom. The molecule has 1 atom stereocenters. The van der Waals surface area contributed by atoms with Crippen LogP contribution in [-0.4, -0.2) is 35.6 Å². The third kappa shape index (κ3) is 2.22. The Bertz CT molecular complexity index is 1050. The van der Waals surface area contributed by atoms with Gasteiger partial charge in [-0.1, -0.05) is 0 Å². The monoisotopic (exact) mass is 322 g/mol. The van der Waals surface area contributed by atoms with Crippen molar-refractivity contribution < 1.29 is 4.79 Å². The number of hydrogen-bond donors (Lipinski definition) is 3. The van der Waals surface area contributed by atoms with E-state index >= 15 is 0 Å². The molecule has 1 amide bonds. The molecule has 4 aromatic rings. The van der Waals surface area contributed by atoms with Crippen LogP contribution in [-0.2, 0) is 4.79 Å². The van der Waals surface area contributed by atoms with E-state index in [4.69, 9.17) is 5.73 Å². The molecule has 1 unspecified atom stereocenters. The average Bonchev–Trinajstić information content (AvgIpc) is 3.20. The number of anilines is 2.